The molecular formula is C24H30N4O6S. The number of aromatic nitrogens is 3. The Labute approximate surface area is 203 Å². The van der Waals surface area contributed by atoms with Crippen LogP contribution in [0.4, 0.5) is 5.69 Å². The van der Waals surface area contributed by atoms with Gasteiger partial charge in [-0.3, -0.25) is 4.79 Å². The molecule has 0 aliphatic carbocycles. The van der Waals surface area contributed by atoms with Crippen molar-refractivity contribution in [2.45, 2.75) is 26.9 Å². The Morgan fingerprint density at radius 3 is 2.60 bits per heavy atom. The molecule has 0 radical (unpaired) electrons. The fourth-order valence-electron chi connectivity index (χ4n) is 3.82. The zero-order valence-electron chi connectivity index (χ0n) is 20.0. The van der Waals surface area contributed by atoms with Gasteiger partial charge in [0.1, 0.15) is 24.0 Å². The van der Waals surface area contributed by atoms with Crippen molar-refractivity contribution in [1.82, 2.24) is 15.0 Å². The average Bonchev–Trinajstić information content (AvgIpc) is 3.24. The Bertz CT molecular complexity index is 1330. The summed E-state index contributed by atoms with van der Waals surface area (Å²) in [7, 11) is -3.06. The van der Waals surface area contributed by atoms with E-state index in [2.05, 4.69) is 9.97 Å². The molecule has 0 amide bonds. The molecule has 3 N–H and O–H groups in total. The quantitative estimate of drug-likeness (QED) is 0.412. The highest BCUT2D eigenvalue weighted by Gasteiger charge is 2.27. The van der Waals surface area contributed by atoms with Crippen LogP contribution in [0.25, 0.3) is 22.4 Å². The molecule has 1 aromatic carbocycles. The molecular weight excluding hydrogens is 472 g/mol. The molecule has 3 heterocycles. The van der Waals surface area contributed by atoms with E-state index in [1.54, 1.807) is 24.5 Å². The van der Waals surface area contributed by atoms with Crippen molar-refractivity contribution < 1.29 is 28.2 Å². The van der Waals surface area contributed by atoms with E-state index in [9.17, 15) is 18.3 Å². The predicted octanol–water partition coefficient (Wildman–Crippen LogP) is 1.82. The molecule has 3 aromatic rings. The van der Waals surface area contributed by atoms with Gasteiger partial charge in [-0.15, -0.1) is 0 Å². The lowest BCUT2D eigenvalue weighted by Crippen LogP contribution is -2.40. The third-order valence-corrected chi connectivity index (χ3v) is 7.47. The number of ketones is 1. The fraction of sp³-hybridized carbons (Fsp3) is 0.458. The molecule has 11 heteroatoms. The Hall–Kier alpha value is -3.02. The molecule has 2 aromatic heterocycles. The van der Waals surface area contributed by atoms with Crippen LogP contribution in [0.2, 0.25) is 0 Å². The second kappa shape index (κ2) is 9.56. The standard InChI is InChI=1S/C24H30N4O6S/c1-24(2,3)22(31)19-11-25-23-21(19)27-20(12-26-23)15-8-16(28-4-6-35(32,33)7-5-28)10-18(9-15)34-14-17(30)13-29/h8-12,17,29-30H,4-7,13-14H2,1-3H3,(H,25,26). The van der Waals surface area contributed by atoms with Crippen LogP contribution >= 0.6 is 0 Å². The van der Waals surface area contributed by atoms with E-state index in [0.717, 1.165) is 5.69 Å². The van der Waals surface area contributed by atoms with E-state index in [1.165, 1.54) is 0 Å². The largest absolute Gasteiger partial charge is 0.491 e. The molecule has 0 saturated carbocycles. The summed E-state index contributed by atoms with van der Waals surface area (Å²) in [5.74, 6) is 0.495. The van der Waals surface area contributed by atoms with Gasteiger partial charge in [-0.05, 0) is 12.1 Å². The summed E-state index contributed by atoms with van der Waals surface area (Å²) in [6.07, 6.45) is 2.18. The molecule has 1 atom stereocenters. The smallest absolute Gasteiger partial charge is 0.171 e. The van der Waals surface area contributed by atoms with Gasteiger partial charge in [-0.2, -0.15) is 0 Å². The number of aliphatic hydroxyl groups is 2. The van der Waals surface area contributed by atoms with Crippen LogP contribution in [0.5, 0.6) is 5.75 Å². The maximum Gasteiger partial charge on any atom is 0.171 e. The predicted molar refractivity (Wildman–Crippen MR) is 133 cm³/mol. The van der Waals surface area contributed by atoms with Gasteiger partial charge in [0.25, 0.3) is 0 Å². The first-order valence-electron chi connectivity index (χ1n) is 11.4. The van der Waals surface area contributed by atoms with Crippen molar-refractivity contribution in [3.63, 3.8) is 0 Å². The summed E-state index contributed by atoms with van der Waals surface area (Å²) in [5.41, 5.74) is 2.76. The van der Waals surface area contributed by atoms with Crippen LogP contribution in [0.1, 0.15) is 31.1 Å². The number of benzene rings is 1. The molecule has 4 rings (SSSR count). The number of ether oxygens (including phenoxy) is 1. The van der Waals surface area contributed by atoms with Crippen LogP contribution < -0.4 is 9.64 Å². The second-order valence-corrected chi connectivity index (χ2v) is 12.0. The number of aromatic amines is 1. The van der Waals surface area contributed by atoms with E-state index in [0.29, 0.717) is 46.8 Å². The average molecular weight is 503 g/mol. The van der Waals surface area contributed by atoms with Gasteiger partial charge < -0.3 is 24.8 Å². The topological polar surface area (TPSA) is 146 Å². The Kier molecular flexibility index (Phi) is 6.85. The molecule has 1 saturated heterocycles. The zero-order chi connectivity index (χ0) is 25.4. The van der Waals surface area contributed by atoms with E-state index < -0.39 is 28.0 Å². The van der Waals surface area contributed by atoms with Crippen LogP contribution in [0.3, 0.4) is 0 Å². The number of fused-ring (bicyclic) bond motifs is 1. The minimum Gasteiger partial charge on any atom is -0.491 e. The second-order valence-electron chi connectivity index (χ2n) is 9.74. The molecule has 0 bridgehead atoms. The van der Waals surface area contributed by atoms with Gasteiger partial charge in [0.2, 0.25) is 0 Å². The number of hydrogen-bond acceptors (Lipinski definition) is 9. The number of carbonyl (C=O) groups is 1. The van der Waals surface area contributed by atoms with Crippen LogP contribution in [-0.4, -0.2) is 83.3 Å². The minimum atomic E-state index is -3.06. The highest BCUT2D eigenvalue weighted by molar-refractivity contribution is 7.91. The van der Waals surface area contributed by atoms with Crippen molar-refractivity contribution in [2.75, 3.05) is 42.7 Å². The monoisotopic (exact) mass is 502 g/mol. The summed E-state index contributed by atoms with van der Waals surface area (Å²) >= 11 is 0. The SMILES string of the molecule is CC(C)(C)C(=O)c1c[nH]c2ncc(-c3cc(OCC(O)CO)cc(N4CCS(=O)(=O)CC4)c3)nc12. The number of anilines is 1. The maximum absolute atomic E-state index is 12.9. The lowest BCUT2D eigenvalue weighted by atomic mass is 9.87. The number of hydrogen-bond donors (Lipinski definition) is 3. The first-order valence-corrected chi connectivity index (χ1v) is 13.2. The highest BCUT2D eigenvalue weighted by Crippen LogP contribution is 2.32. The number of nitrogens with zero attached hydrogens (tertiary/aromatic N) is 3. The minimum absolute atomic E-state index is 0.0551. The molecule has 10 nitrogen and oxygen atoms in total. The van der Waals surface area contributed by atoms with Crippen molar-refractivity contribution in [2.24, 2.45) is 5.41 Å². The number of carbonyl (C=O) groups excluding carboxylic acids is 1. The van der Waals surface area contributed by atoms with Crippen molar-refractivity contribution in [3.05, 3.63) is 36.2 Å². The molecule has 1 aliphatic rings. The zero-order valence-corrected chi connectivity index (χ0v) is 20.8. The summed E-state index contributed by atoms with van der Waals surface area (Å²) in [6, 6.07) is 5.38. The Morgan fingerprint density at radius 2 is 1.94 bits per heavy atom. The number of sulfone groups is 1. The number of Topliss-reactive ketones (excluding diaryl/α,β-unsaturated/α-hetero) is 1. The van der Waals surface area contributed by atoms with E-state index in [4.69, 9.17) is 14.8 Å². The summed E-state index contributed by atoms with van der Waals surface area (Å²) in [4.78, 5) is 27.1. The van der Waals surface area contributed by atoms with Gasteiger partial charge in [-0.25, -0.2) is 18.4 Å². The Morgan fingerprint density at radius 1 is 1.23 bits per heavy atom. The third-order valence-electron chi connectivity index (χ3n) is 5.86. The maximum atomic E-state index is 12.9. The molecule has 188 valence electrons. The fourth-order valence-corrected chi connectivity index (χ4v) is 5.02. The normalized spacial score (nSPS) is 16.9. The summed E-state index contributed by atoms with van der Waals surface area (Å²) < 4.78 is 29.5. The van der Waals surface area contributed by atoms with Gasteiger partial charge in [0, 0.05) is 42.0 Å². The third kappa shape index (κ3) is 5.63. The number of rotatable bonds is 7. The molecule has 1 aliphatic heterocycles. The van der Waals surface area contributed by atoms with E-state index >= 15 is 0 Å². The van der Waals surface area contributed by atoms with Gasteiger partial charge in [0.15, 0.2) is 21.3 Å². The van der Waals surface area contributed by atoms with Gasteiger partial charge >= 0.3 is 0 Å². The van der Waals surface area contributed by atoms with Gasteiger partial charge in [0.05, 0.1) is 35.6 Å². The van der Waals surface area contributed by atoms with Crippen molar-refractivity contribution >= 4 is 32.5 Å². The number of H-pyrrole nitrogens is 1. The molecule has 1 fully saturated rings. The molecule has 1 unspecified atom stereocenters. The number of aliphatic hydroxyl groups excluding tert-OH is 2. The summed E-state index contributed by atoms with van der Waals surface area (Å²) in [6.45, 7) is 5.68. The first kappa shape index (κ1) is 25.1. The lowest BCUT2D eigenvalue weighted by molar-refractivity contribution is 0.0536. The van der Waals surface area contributed by atoms with E-state index in [1.807, 2.05) is 31.7 Å². The lowest BCUT2D eigenvalue weighted by Gasteiger charge is -2.29. The van der Waals surface area contributed by atoms with Crippen LogP contribution in [0.15, 0.2) is 30.6 Å². The highest BCUT2D eigenvalue weighted by atomic mass is 32.2. The van der Waals surface area contributed by atoms with Crippen LogP contribution in [0, 0.1) is 5.41 Å². The Balaban J connectivity index is 1.75. The number of nitrogens with one attached hydrogen (secondary N) is 1. The molecule has 35 heavy (non-hydrogen) atoms. The molecule has 0 spiro atoms. The van der Waals surface area contributed by atoms with E-state index in [-0.39, 0.29) is 23.9 Å². The summed E-state index contributed by atoms with van der Waals surface area (Å²) in [5, 5.41) is 18.8. The van der Waals surface area contributed by atoms with Crippen molar-refractivity contribution in [1.29, 1.82) is 0 Å². The van der Waals surface area contributed by atoms with Crippen LogP contribution in [-0.2, 0) is 9.84 Å². The first-order chi connectivity index (χ1) is 16.5. The van der Waals surface area contributed by atoms with Gasteiger partial charge in [-0.1, -0.05) is 20.8 Å². The van der Waals surface area contributed by atoms with Crippen molar-refractivity contribution in [3.8, 4) is 17.0 Å².